The van der Waals surface area contributed by atoms with Crippen LogP contribution in [0.2, 0.25) is 0 Å². The quantitative estimate of drug-likeness (QED) is 0.753. The molecule has 4 rings (SSSR count). The van der Waals surface area contributed by atoms with E-state index in [-0.39, 0.29) is 22.6 Å². The second-order valence-corrected chi connectivity index (χ2v) is 10.2. The summed E-state index contributed by atoms with van der Waals surface area (Å²) in [4.78, 5) is 22.5. The number of fused-ring (bicyclic) bond motifs is 1. The Balaban J connectivity index is 1.54. The van der Waals surface area contributed by atoms with Crippen LogP contribution in [0.3, 0.4) is 0 Å². The van der Waals surface area contributed by atoms with Crippen LogP contribution in [-0.2, 0) is 14.8 Å². The molecule has 32 heavy (non-hydrogen) atoms. The number of amides is 1. The fourth-order valence-corrected chi connectivity index (χ4v) is 5.53. The number of aryl methyl sites for hydroxylation is 1. The highest BCUT2D eigenvalue weighted by atomic mass is 32.2. The Kier molecular flexibility index (Phi) is 6.24. The Morgan fingerprint density at radius 1 is 1.06 bits per heavy atom. The van der Waals surface area contributed by atoms with Crippen LogP contribution in [0, 0.1) is 12.8 Å². The third-order valence-corrected chi connectivity index (χ3v) is 7.81. The van der Waals surface area contributed by atoms with Crippen molar-refractivity contribution in [3.8, 4) is 0 Å². The number of anilines is 1. The molecule has 0 aromatic heterocycles. The molecular weight excluding hydrogens is 424 g/mol. The van der Waals surface area contributed by atoms with E-state index in [0.717, 1.165) is 19.5 Å². The van der Waals surface area contributed by atoms with Gasteiger partial charge in [-0.15, -0.1) is 0 Å². The van der Waals surface area contributed by atoms with Gasteiger partial charge >= 0.3 is 0 Å². The Morgan fingerprint density at radius 3 is 2.41 bits per heavy atom. The van der Waals surface area contributed by atoms with Crippen molar-refractivity contribution in [3.63, 3.8) is 0 Å². The van der Waals surface area contributed by atoms with E-state index in [9.17, 15) is 13.2 Å². The third kappa shape index (κ3) is 4.24. The lowest BCUT2D eigenvalue weighted by molar-refractivity contribution is -0.133. The molecule has 0 spiro atoms. The Labute approximate surface area is 190 Å². The maximum atomic E-state index is 13.5. The van der Waals surface area contributed by atoms with Gasteiger partial charge in [0, 0.05) is 37.4 Å². The smallest absolute Gasteiger partial charge is 0.263 e. The number of nitrogens with one attached hydrogen (secondary N) is 1. The van der Waals surface area contributed by atoms with Crippen LogP contribution in [0.4, 0.5) is 5.69 Å². The van der Waals surface area contributed by atoms with Crippen molar-refractivity contribution in [2.75, 3.05) is 31.1 Å². The van der Waals surface area contributed by atoms with Crippen LogP contribution in [0.1, 0.15) is 31.4 Å². The number of rotatable bonds is 5. The van der Waals surface area contributed by atoms with Crippen molar-refractivity contribution in [1.82, 2.24) is 9.62 Å². The molecule has 1 amide bonds. The molecule has 170 valence electrons. The van der Waals surface area contributed by atoms with Gasteiger partial charge in [-0.05, 0) is 36.6 Å². The predicted octanol–water partition coefficient (Wildman–Crippen LogP) is 2.80. The number of para-hydroxylation sites is 1. The number of aliphatic imine (C=N–C) groups is 1. The average Bonchev–Trinajstić information content (AvgIpc) is 3.07. The molecule has 0 saturated carbocycles. The van der Waals surface area contributed by atoms with Gasteiger partial charge in [0.1, 0.15) is 11.9 Å². The molecule has 0 aliphatic carbocycles. The summed E-state index contributed by atoms with van der Waals surface area (Å²) in [5, 5.41) is 0. The molecule has 1 fully saturated rings. The highest BCUT2D eigenvalue weighted by Crippen LogP contribution is 2.26. The zero-order chi connectivity index (χ0) is 22.9. The molecule has 7 nitrogen and oxygen atoms in total. The second-order valence-electron chi connectivity index (χ2n) is 8.51. The molecule has 1 saturated heterocycles. The van der Waals surface area contributed by atoms with Gasteiger partial charge < -0.3 is 9.80 Å². The van der Waals surface area contributed by atoms with Crippen LogP contribution in [0.15, 0.2) is 58.4 Å². The van der Waals surface area contributed by atoms with E-state index >= 15 is 0 Å². The Bertz CT molecular complexity index is 1140. The summed E-state index contributed by atoms with van der Waals surface area (Å²) >= 11 is 0. The lowest BCUT2D eigenvalue weighted by Crippen LogP contribution is -2.52. The minimum absolute atomic E-state index is 0.0123. The van der Waals surface area contributed by atoms with E-state index in [1.54, 1.807) is 24.3 Å². The minimum Gasteiger partial charge on any atom is -0.368 e. The highest BCUT2D eigenvalue weighted by Gasteiger charge is 2.35. The zero-order valence-corrected chi connectivity index (χ0v) is 19.6. The van der Waals surface area contributed by atoms with E-state index in [2.05, 4.69) is 33.7 Å². The van der Waals surface area contributed by atoms with Gasteiger partial charge in [0.25, 0.3) is 10.0 Å². The van der Waals surface area contributed by atoms with E-state index in [4.69, 9.17) is 0 Å². The summed E-state index contributed by atoms with van der Waals surface area (Å²) in [6, 6.07) is 14.4. The average molecular weight is 455 g/mol. The summed E-state index contributed by atoms with van der Waals surface area (Å²) in [6.07, 6.45) is 0.769. The Hall–Kier alpha value is -2.87. The molecule has 2 atom stereocenters. The standard InChI is InChI=1S/C24H30N4O3S/c1-4-17(2)22(25-23-19-10-6-8-12-21(19)32(30,31)26-23)24(29)28-15-13-27(14-16-28)20-11-7-5-9-18(20)3/h5-12,17,22H,4,13-16H2,1-3H3,(H,25,26). The molecule has 2 aliphatic heterocycles. The SMILES string of the molecule is CCC(C)C(N=C1NS(=O)(=O)c2ccccc21)C(=O)N1CCN(c2ccccc2C)CC1. The first-order valence-electron chi connectivity index (χ1n) is 11.1. The van der Waals surface area contributed by atoms with Gasteiger partial charge in [-0.3, -0.25) is 14.5 Å². The van der Waals surface area contributed by atoms with Gasteiger partial charge in [-0.25, -0.2) is 8.42 Å². The fraction of sp³-hybridized carbons (Fsp3) is 0.417. The van der Waals surface area contributed by atoms with Crippen molar-refractivity contribution in [3.05, 3.63) is 59.7 Å². The van der Waals surface area contributed by atoms with Crippen molar-refractivity contribution in [1.29, 1.82) is 0 Å². The first-order chi connectivity index (χ1) is 15.3. The van der Waals surface area contributed by atoms with Crippen LogP contribution >= 0.6 is 0 Å². The van der Waals surface area contributed by atoms with Crippen LogP contribution in [-0.4, -0.2) is 57.3 Å². The molecular formula is C24H30N4O3S. The molecule has 0 radical (unpaired) electrons. The number of sulfonamides is 1. The van der Waals surface area contributed by atoms with Crippen LogP contribution in [0.25, 0.3) is 0 Å². The normalized spacial score (nSPS) is 20.5. The van der Waals surface area contributed by atoms with Crippen LogP contribution in [0.5, 0.6) is 0 Å². The van der Waals surface area contributed by atoms with Crippen molar-refractivity contribution in [2.45, 2.75) is 38.1 Å². The van der Waals surface area contributed by atoms with Gasteiger partial charge in [0.2, 0.25) is 5.91 Å². The first kappa shape index (κ1) is 22.3. The largest absolute Gasteiger partial charge is 0.368 e. The molecule has 0 bridgehead atoms. The van der Waals surface area contributed by atoms with E-state index in [0.29, 0.717) is 18.7 Å². The molecule has 2 aromatic carbocycles. The summed E-state index contributed by atoms with van der Waals surface area (Å²) in [5.74, 6) is 0.208. The molecule has 2 aromatic rings. The Morgan fingerprint density at radius 2 is 1.72 bits per heavy atom. The monoisotopic (exact) mass is 454 g/mol. The summed E-state index contributed by atoms with van der Waals surface area (Å²) < 4.78 is 27.5. The fourth-order valence-electron chi connectivity index (χ4n) is 4.29. The maximum absolute atomic E-state index is 13.5. The molecule has 1 N–H and O–H groups in total. The van der Waals surface area contributed by atoms with E-state index in [1.807, 2.05) is 30.9 Å². The number of piperazine rings is 1. The number of hydrogen-bond donors (Lipinski definition) is 1. The van der Waals surface area contributed by atoms with Gasteiger partial charge in [0.05, 0.1) is 4.90 Å². The van der Waals surface area contributed by atoms with Crippen molar-refractivity contribution < 1.29 is 13.2 Å². The second kappa shape index (κ2) is 8.94. The highest BCUT2D eigenvalue weighted by molar-refractivity contribution is 7.90. The number of hydrogen-bond acceptors (Lipinski definition) is 5. The maximum Gasteiger partial charge on any atom is 0.263 e. The minimum atomic E-state index is -3.64. The van der Waals surface area contributed by atoms with Gasteiger partial charge in [-0.1, -0.05) is 50.6 Å². The summed E-state index contributed by atoms with van der Waals surface area (Å²) in [6.45, 7) is 8.87. The third-order valence-electron chi connectivity index (χ3n) is 6.41. The number of carbonyl (C=O) groups is 1. The summed E-state index contributed by atoms with van der Waals surface area (Å²) in [7, 11) is -3.64. The number of amidine groups is 1. The number of carbonyl (C=O) groups excluding carboxylic acids is 1. The predicted molar refractivity (Wildman–Crippen MR) is 127 cm³/mol. The van der Waals surface area contributed by atoms with Crippen molar-refractivity contribution in [2.24, 2.45) is 10.9 Å². The molecule has 2 aliphatic rings. The molecule has 2 unspecified atom stereocenters. The van der Waals surface area contributed by atoms with E-state index in [1.165, 1.54) is 11.3 Å². The number of nitrogens with zero attached hydrogens (tertiary/aromatic N) is 3. The lowest BCUT2D eigenvalue weighted by Gasteiger charge is -2.38. The number of benzene rings is 2. The zero-order valence-electron chi connectivity index (χ0n) is 18.8. The lowest BCUT2D eigenvalue weighted by atomic mass is 9.97. The van der Waals surface area contributed by atoms with Gasteiger partial charge in [0.15, 0.2) is 0 Å². The van der Waals surface area contributed by atoms with Crippen LogP contribution < -0.4 is 9.62 Å². The van der Waals surface area contributed by atoms with E-state index < -0.39 is 16.1 Å². The topological polar surface area (TPSA) is 82.1 Å². The van der Waals surface area contributed by atoms with Gasteiger partial charge in [-0.2, -0.15) is 0 Å². The first-order valence-corrected chi connectivity index (χ1v) is 12.6. The van der Waals surface area contributed by atoms with Crippen molar-refractivity contribution >= 4 is 27.5 Å². The molecule has 8 heteroatoms. The molecule has 2 heterocycles. The summed E-state index contributed by atoms with van der Waals surface area (Å²) in [5.41, 5.74) is 2.96.